The van der Waals surface area contributed by atoms with E-state index >= 15 is 0 Å². The van der Waals surface area contributed by atoms with Gasteiger partial charge in [-0.05, 0) is 43.9 Å². The average molecular weight is 307 g/mol. The predicted molar refractivity (Wildman–Crippen MR) is 91.7 cm³/mol. The molecular formula is C18H21N5. The highest BCUT2D eigenvalue weighted by molar-refractivity contribution is 5.58. The number of para-hydroxylation sites is 1. The second-order valence-corrected chi connectivity index (χ2v) is 5.89. The Bertz CT molecular complexity index is 748. The maximum Gasteiger partial charge on any atom is 0.166 e. The summed E-state index contributed by atoms with van der Waals surface area (Å²) in [5.41, 5.74) is 5.10. The van der Waals surface area contributed by atoms with Gasteiger partial charge in [-0.15, -0.1) is 5.10 Å². The normalized spacial score (nSPS) is 12.8. The highest BCUT2D eigenvalue weighted by Gasteiger charge is 2.17. The Morgan fingerprint density at radius 1 is 1.26 bits per heavy atom. The van der Waals surface area contributed by atoms with Gasteiger partial charge < -0.3 is 10.2 Å². The third-order valence-electron chi connectivity index (χ3n) is 4.45. The minimum atomic E-state index is 0.595. The van der Waals surface area contributed by atoms with Crippen molar-refractivity contribution in [2.24, 2.45) is 0 Å². The fourth-order valence-electron chi connectivity index (χ4n) is 2.98. The predicted octanol–water partition coefficient (Wildman–Crippen LogP) is 2.83. The van der Waals surface area contributed by atoms with Gasteiger partial charge in [0.05, 0.1) is 5.69 Å². The second kappa shape index (κ2) is 6.66. The quantitative estimate of drug-likeness (QED) is 0.861. The monoisotopic (exact) mass is 307 g/mol. The first-order chi connectivity index (χ1) is 11.2. The molecular weight excluding hydrogens is 286 g/mol. The lowest BCUT2D eigenvalue weighted by Crippen LogP contribution is -2.23. The molecule has 0 saturated heterocycles. The maximum absolute atomic E-state index is 9.30. The second-order valence-electron chi connectivity index (χ2n) is 5.89. The number of aryl methyl sites for hydroxylation is 1. The van der Waals surface area contributed by atoms with Crippen molar-refractivity contribution in [3.63, 3.8) is 0 Å². The summed E-state index contributed by atoms with van der Waals surface area (Å²) in [4.78, 5) is 2.42. The summed E-state index contributed by atoms with van der Waals surface area (Å²) in [5.74, 6) is 0.595. The molecule has 5 heteroatoms. The molecule has 1 aromatic carbocycles. The van der Waals surface area contributed by atoms with Crippen molar-refractivity contribution < 1.29 is 0 Å². The first-order valence-electron chi connectivity index (χ1n) is 8.01. The third-order valence-corrected chi connectivity index (χ3v) is 4.45. The van der Waals surface area contributed by atoms with Gasteiger partial charge in [0.25, 0.3) is 0 Å². The van der Waals surface area contributed by atoms with Crippen molar-refractivity contribution in [2.75, 3.05) is 29.9 Å². The summed E-state index contributed by atoms with van der Waals surface area (Å²) in [6.07, 6.45) is 2.12. The van der Waals surface area contributed by atoms with E-state index in [4.69, 9.17) is 0 Å². The zero-order valence-corrected chi connectivity index (χ0v) is 13.6. The van der Waals surface area contributed by atoms with Crippen molar-refractivity contribution in [2.45, 2.75) is 26.7 Å². The van der Waals surface area contributed by atoms with E-state index in [1.807, 2.05) is 13.8 Å². The molecule has 0 aliphatic carbocycles. The molecule has 1 aromatic heterocycles. The van der Waals surface area contributed by atoms with Gasteiger partial charge in [-0.1, -0.05) is 18.2 Å². The van der Waals surface area contributed by atoms with Crippen LogP contribution in [0.15, 0.2) is 24.3 Å². The molecule has 5 nitrogen and oxygen atoms in total. The van der Waals surface area contributed by atoms with Gasteiger partial charge >= 0.3 is 0 Å². The van der Waals surface area contributed by atoms with Crippen molar-refractivity contribution >= 4 is 11.5 Å². The Morgan fingerprint density at radius 3 is 2.91 bits per heavy atom. The molecule has 0 unspecified atom stereocenters. The molecule has 1 aliphatic rings. The lowest BCUT2D eigenvalue weighted by molar-refractivity contribution is 0.770. The van der Waals surface area contributed by atoms with Crippen LogP contribution < -0.4 is 10.2 Å². The van der Waals surface area contributed by atoms with Crippen LogP contribution in [-0.4, -0.2) is 29.8 Å². The van der Waals surface area contributed by atoms with E-state index in [0.29, 0.717) is 11.4 Å². The first kappa shape index (κ1) is 15.3. The molecule has 0 spiro atoms. The van der Waals surface area contributed by atoms with E-state index < -0.39 is 0 Å². The molecule has 2 heterocycles. The molecule has 1 aliphatic heterocycles. The number of nitrogens with one attached hydrogen (secondary N) is 1. The number of benzene rings is 1. The fraction of sp³-hybridized carbons (Fsp3) is 0.389. The van der Waals surface area contributed by atoms with Crippen LogP contribution in [0.25, 0.3) is 0 Å². The third kappa shape index (κ3) is 3.11. The molecule has 23 heavy (non-hydrogen) atoms. The molecule has 2 aromatic rings. The number of anilines is 2. The van der Waals surface area contributed by atoms with Gasteiger partial charge in [-0.25, -0.2) is 0 Å². The summed E-state index contributed by atoms with van der Waals surface area (Å²) in [6.45, 7) is 6.66. The molecule has 0 radical (unpaired) electrons. The van der Waals surface area contributed by atoms with Crippen LogP contribution in [0.3, 0.4) is 0 Å². The number of hydrogen-bond acceptors (Lipinski definition) is 5. The standard InChI is InChI=1S/C18H21N5/c1-13-14(2)21-22-18(16(13)12-19)20-9-5-10-23-11-8-15-6-3-4-7-17(15)23/h3-4,6-7H,5,8-11H2,1-2H3,(H,20,22). The summed E-state index contributed by atoms with van der Waals surface area (Å²) in [6, 6.07) is 10.8. The topological polar surface area (TPSA) is 64.8 Å². The van der Waals surface area contributed by atoms with Gasteiger partial charge in [0.1, 0.15) is 11.6 Å². The highest BCUT2D eigenvalue weighted by atomic mass is 15.2. The molecule has 0 saturated carbocycles. The van der Waals surface area contributed by atoms with Gasteiger partial charge in [-0.3, -0.25) is 0 Å². The van der Waals surface area contributed by atoms with Gasteiger partial charge in [0.15, 0.2) is 5.82 Å². The summed E-state index contributed by atoms with van der Waals surface area (Å²) < 4.78 is 0. The van der Waals surface area contributed by atoms with E-state index in [1.165, 1.54) is 11.3 Å². The van der Waals surface area contributed by atoms with E-state index in [9.17, 15) is 5.26 Å². The SMILES string of the molecule is Cc1nnc(NCCCN2CCc3ccccc32)c(C#N)c1C. The van der Waals surface area contributed by atoms with Crippen LogP contribution in [0.2, 0.25) is 0 Å². The molecule has 1 N–H and O–H groups in total. The number of hydrogen-bond donors (Lipinski definition) is 1. The lowest BCUT2D eigenvalue weighted by Gasteiger charge is -2.19. The Morgan fingerprint density at radius 2 is 2.09 bits per heavy atom. The number of fused-ring (bicyclic) bond motifs is 1. The highest BCUT2D eigenvalue weighted by Crippen LogP contribution is 2.27. The van der Waals surface area contributed by atoms with Crippen molar-refractivity contribution in [3.8, 4) is 6.07 Å². The van der Waals surface area contributed by atoms with Crippen LogP contribution in [0.5, 0.6) is 0 Å². The van der Waals surface area contributed by atoms with E-state index in [2.05, 4.69) is 50.7 Å². The number of nitriles is 1. The number of aromatic nitrogens is 2. The van der Waals surface area contributed by atoms with Crippen molar-refractivity contribution in [1.82, 2.24) is 10.2 Å². The Labute approximate surface area is 137 Å². The Hall–Kier alpha value is -2.61. The van der Waals surface area contributed by atoms with Gasteiger partial charge in [0.2, 0.25) is 0 Å². The van der Waals surface area contributed by atoms with Crippen LogP contribution >= 0.6 is 0 Å². The first-order valence-corrected chi connectivity index (χ1v) is 8.01. The van der Waals surface area contributed by atoms with E-state index in [1.54, 1.807) is 0 Å². The van der Waals surface area contributed by atoms with Crippen LogP contribution in [0.4, 0.5) is 11.5 Å². The van der Waals surface area contributed by atoms with Crippen LogP contribution in [0, 0.1) is 25.2 Å². The van der Waals surface area contributed by atoms with Crippen molar-refractivity contribution in [1.29, 1.82) is 5.26 Å². The zero-order valence-electron chi connectivity index (χ0n) is 13.6. The summed E-state index contributed by atoms with van der Waals surface area (Å²) in [5, 5.41) is 20.8. The number of rotatable bonds is 5. The van der Waals surface area contributed by atoms with E-state index in [-0.39, 0.29) is 0 Å². The van der Waals surface area contributed by atoms with E-state index in [0.717, 1.165) is 43.7 Å². The molecule has 0 bridgehead atoms. The van der Waals surface area contributed by atoms with Crippen LogP contribution in [0.1, 0.15) is 28.8 Å². The Kier molecular flexibility index (Phi) is 4.42. The van der Waals surface area contributed by atoms with Gasteiger partial charge in [0, 0.05) is 25.3 Å². The summed E-state index contributed by atoms with van der Waals surface area (Å²) in [7, 11) is 0. The molecule has 118 valence electrons. The average Bonchev–Trinajstić information content (AvgIpc) is 2.98. The molecule has 0 atom stereocenters. The smallest absolute Gasteiger partial charge is 0.166 e. The molecule has 0 amide bonds. The molecule has 0 fully saturated rings. The van der Waals surface area contributed by atoms with Crippen molar-refractivity contribution in [3.05, 3.63) is 46.6 Å². The fourth-order valence-corrected chi connectivity index (χ4v) is 2.98. The maximum atomic E-state index is 9.30. The number of nitrogens with zero attached hydrogens (tertiary/aromatic N) is 4. The minimum absolute atomic E-state index is 0.595. The minimum Gasteiger partial charge on any atom is -0.371 e. The molecule has 3 rings (SSSR count). The zero-order chi connectivity index (χ0) is 16.2. The Balaban J connectivity index is 1.56. The largest absolute Gasteiger partial charge is 0.371 e. The lowest BCUT2D eigenvalue weighted by atomic mass is 10.1. The van der Waals surface area contributed by atoms with Gasteiger partial charge in [-0.2, -0.15) is 10.4 Å². The summed E-state index contributed by atoms with van der Waals surface area (Å²) >= 11 is 0. The van der Waals surface area contributed by atoms with Crippen LogP contribution in [-0.2, 0) is 6.42 Å².